The molecule has 0 bridgehead atoms. The van der Waals surface area contributed by atoms with Crippen molar-refractivity contribution in [2.75, 3.05) is 13.2 Å². The van der Waals surface area contributed by atoms with Crippen molar-refractivity contribution >= 4 is 17.9 Å². The third kappa shape index (κ3) is 46.4. The van der Waals surface area contributed by atoms with Gasteiger partial charge in [0.25, 0.3) is 0 Å². The van der Waals surface area contributed by atoms with Crippen molar-refractivity contribution in [3.05, 3.63) is 0 Å². The lowest BCUT2D eigenvalue weighted by Gasteiger charge is -2.18. The average Bonchev–Trinajstić information content (AvgIpc) is 3.26. The van der Waals surface area contributed by atoms with Crippen LogP contribution in [0.1, 0.15) is 305 Å². The molecule has 0 rings (SSSR count). The molecule has 0 aromatic carbocycles. The fraction of sp³-hybridized carbons (Fsp3) is 0.946. The highest BCUT2D eigenvalue weighted by Gasteiger charge is 2.19. The van der Waals surface area contributed by atoms with Gasteiger partial charge in [-0.3, -0.25) is 14.4 Å². The summed E-state index contributed by atoms with van der Waals surface area (Å²) in [6, 6.07) is 0. The Morgan fingerprint density at radius 1 is 0.323 bits per heavy atom. The Morgan fingerprint density at radius 3 is 0.839 bits per heavy atom. The molecule has 0 heterocycles. The first kappa shape index (κ1) is 60.4. The molecule has 0 N–H and O–H groups in total. The van der Waals surface area contributed by atoms with Gasteiger partial charge in [0.2, 0.25) is 0 Å². The highest BCUT2D eigenvalue weighted by Crippen LogP contribution is 2.19. The Kier molecular flexibility index (Phi) is 46.2. The van der Waals surface area contributed by atoms with Crippen LogP contribution >= 0.6 is 0 Å². The van der Waals surface area contributed by atoms with Crippen LogP contribution in [0.5, 0.6) is 0 Å². The summed E-state index contributed by atoms with van der Waals surface area (Å²) in [5.41, 5.74) is 0. The number of esters is 3. The Morgan fingerprint density at radius 2 is 0.565 bits per heavy atom. The van der Waals surface area contributed by atoms with Crippen LogP contribution in [-0.4, -0.2) is 37.2 Å². The lowest BCUT2D eigenvalue weighted by atomic mass is 9.99. The van der Waals surface area contributed by atoms with E-state index in [0.717, 1.165) is 75.5 Å². The van der Waals surface area contributed by atoms with Crippen LogP contribution in [-0.2, 0) is 28.6 Å². The maximum Gasteiger partial charge on any atom is 0.306 e. The molecule has 368 valence electrons. The molecule has 0 radical (unpaired) electrons. The molecule has 6 heteroatoms. The topological polar surface area (TPSA) is 78.9 Å². The van der Waals surface area contributed by atoms with Gasteiger partial charge >= 0.3 is 17.9 Å². The molecule has 2 unspecified atom stereocenters. The van der Waals surface area contributed by atoms with E-state index in [4.69, 9.17) is 14.2 Å². The molecule has 3 atom stereocenters. The van der Waals surface area contributed by atoms with Crippen molar-refractivity contribution in [3.8, 4) is 0 Å². The Labute approximate surface area is 387 Å². The third-order valence-corrected chi connectivity index (χ3v) is 13.4. The van der Waals surface area contributed by atoms with Gasteiger partial charge in [-0.15, -0.1) is 0 Å². The summed E-state index contributed by atoms with van der Waals surface area (Å²) in [4.78, 5) is 38.0. The molecule has 6 nitrogen and oxygen atoms in total. The molecule has 0 aromatic heterocycles. The lowest BCUT2D eigenvalue weighted by molar-refractivity contribution is -0.167. The normalized spacial score (nSPS) is 13.0. The SMILES string of the molecule is CCC(C)CCCCCCCCCCCCCCCCCCCCC(=O)OC[C@@H](COC(=O)CCCCCCCCCCCC(C)C)OC(=O)CCCCCCCCC(C)CC. The molecule has 0 spiro atoms. The first-order valence-electron chi connectivity index (χ1n) is 27.7. The van der Waals surface area contributed by atoms with E-state index in [9.17, 15) is 14.4 Å². The minimum atomic E-state index is -0.763. The van der Waals surface area contributed by atoms with Crippen molar-refractivity contribution < 1.29 is 28.6 Å². The molecule has 0 aliphatic rings. The quantitative estimate of drug-likeness (QED) is 0.0344. The van der Waals surface area contributed by atoms with Gasteiger partial charge in [-0.05, 0) is 37.0 Å². The Hall–Kier alpha value is -1.59. The van der Waals surface area contributed by atoms with Crippen LogP contribution in [0.3, 0.4) is 0 Å². The summed E-state index contributed by atoms with van der Waals surface area (Å²) in [5, 5.41) is 0. The highest BCUT2D eigenvalue weighted by molar-refractivity contribution is 5.71. The second-order valence-corrected chi connectivity index (χ2v) is 20.2. The van der Waals surface area contributed by atoms with E-state index < -0.39 is 6.10 Å². The van der Waals surface area contributed by atoms with Gasteiger partial charge in [-0.1, -0.05) is 266 Å². The van der Waals surface area contributed by atoms with Crippen molar-refractivity contribution in [2.24, 2.45) is 17.8 Å². The number of rotatable bonds is 49. The minimum Gasteiger partial charge on any atom is -0.462 e. The van der Waals surface area contributed by atoms with E-state index in [-0.39, 0.29) is 31.1 Å². The second-order valence-electron chi connectivity index (χ2n) is 20.2. The molecule has 0 aliphatic heterocycles. The summed E-state index contributed by atoms with van der Waals surface area (Å²) in [6.07, 6.45) is 48.2. The van der Waals surface area contributed by atoms with Crippen LogP contribution < -0.4 is 0 Å². The van der Waals surface area contributed by atoms with Gasteiger partial charge in [-0.2, -0.15) is 0 Å². The molecule has 0 fully saturated rings. The van der Waals surface area contributed by atoms with E-state index >= 15 is 0 Å². The molecule has 62 heavy (non-hydrogen) atoms. The highest BCUT2D eigenvalue weighted by atomic mass is 16.6. The van der Waals surface area contributed by atoms with Gasteiger partial charge in [0.1, 0.15) is 13.2 Å². The van der Waals surface area contributed by atoms with Crippen molar-refractivity contribution in [1.29, 1.82) is 0 Å². The third-order valence-electron chi connectivity index (χ3n) is 13.4. The summed E-state index contributed by atoms with van der Waals surface area (Å²) in [7, 11) is 0. The van der Waals surface area contributed by atoms with Gasteiger partial charge in [0.05, 0.1) is 0 Å². The number of hydrogen-bond donors (Lipinski definition) is 0. The fourth-order valence-electron chi connectivity index (χ4n) is 8.40. The maximum atomic E-state index is 12.8. The minimum absolute atomic E-state index is 0.0652. The smallest absolute Gasteiger partial charge is 0.306 e. The first-order valence-corrected chi connectivity index (χ1v) is 27.7. The van der Waals surface area contributed by atoms with Crippen molar-refractivity contribution in [3.63, 3.8) is 0 Å². The molecule has 0 saturated heterocycles. The summed E-state index contributed by atoms with van der Waals surface area (Å²) in [5.74, 6) is 1.67. The summed E-state index contributed by atoms with van der Waals surface area (Å²) >= 11 is 0. The predicted molar refractivity (Wildman–Crippen MR) is 266 cm³/mol. The number of unbranched alkanes of at least 4 members (excludes halogenated alkanes) is 30. The number of carbonyl (C=O) groups excluding carboxylic acids is 3. The zero-order chi connectivity index (χ0) is 45.6. The fourth-order valence-corrected chi connectivity index (χ4v) is 8.40. The first-order chi connectivity index (χ1) is 30.2. The zero-order valence-electron chi connectivity index (χ0n) is 42.7. The lowest BCUT2D eigenvalue weighted by Crippen LogP contribution is -2.30. The van der Waals surface area contributed by atoms with Crippen LogP contribution in [0, 0.1) is 17.8 Å². The number of ether oxygens (including phenoxy) is 3. The largest absolute Gasteiger partial charge is 0.462 e. The van der Waals surface area contributed by atoms with E-state index in [1.165, 1.54) is 186 Å². The van der Waals surface area contributed by atoms with Crippen LogP contribution in [0.25, 0.3) is 0 Å². The average molecular weight is 877 g/mol. The maximum absolute atomic E-state index is 12.8. The van der Waals surface area contributed by atoms with Crippen LogP contribution in [0.2, 0.25) is 0 Å². The van der Waals surface area contributed by atoms with Gasteiger partial charge in [-0.25, -0.2) is 0 Å². The molecule has 0 aliphatic carbocycles. The van der Waals surface area contributed by atoms with Crippen LogP contribution in [0.4, 0.5) is 0 Å². The van der Waals surface area contributed by atoms with E-state index in [1.54, 1.807) is 0 Å². The zero-order valence-corrected chi connectivity index (χ0v) is 42.7. The monoisotopic (exact) mass is 877 g/mol. The van der Waals surface area contributed by atoms with E-state index in [0.29, 0.717) is 19.3 Å². The standard InChI is InChI=1S/C56H108O6/c1-7-51(5)43-37-31-25-21-17-15-13-11-9-10-12-14-16-18-22-26-33-39-45-54(57)60-48-53(62-56(59)47-41-35-29-28-32-38-44-52(6)8-2)49-61-55(58)46-40-34-27-23-19-20-24-30-36-42-50(3)4/h50-53H,7-49H2,1-6H3/t51?,52?,53-/m0/s1. The molecule has 0 aromatic rings. The van der Waals surface area contributed by atoms with E-state index in [1.807, 2.05) is 0 Å². The van der Waals surface area contributed by atoms with E-state index in [2.05, 4.69) is 41.5 Å². The van der Waals surface area contributed by atoms with Crippen LogP contribution in [0.15, 0.2) is 0 Å². The number of hydrogen-bond acceptors (Lipinski definition) is 6. The summed E-state index contributed by atoms with van der Waals surface area (Å²) in [6.45, 7) is 13.7. The molecular weight excluding hydrogens is 769 g/mol. The van der Waals surface area contributed by atoms with Gasteiger partial charge < -0.3 is 14.2 Å². The predicted octanol–water partition coefficient (Wildman–Crippen LogP) is 17.9. The van der Waals surface area contributed by atoms with Gasteiger partial charge in [0, 0.05) is 19.3 Å². The summed E-state index contributed by atoms with van der Waals surface area (Å²) < 4.78 is 16.8. The second kappa shape index (κ2) is 47.4. The molecule has 0 saturated carbocycles. The van der Waals surface area contributed by atoms with Crippen molar-refractivity contribution in [1.82, 2.24) is 0 Å². The van der Waals surface area contributed by atoms with Crippen molar-refractivity contribution in [2.45, 2.75) is 311 Å². The number of carbonyl (C=O) groups is 3. The Bertz CT molecular complexity index is 964. The van der Waals surface area contributed by atoms with Gasteiger partial charge in [0.15, 0.2) is 6.10 Å². The Balaban J connectivity index is 4.18. The molecular formula is C56H108O6. The molecule has 0 amide bonds.